The van der Waals surface area contributed by atoms with Crippen LogP contribution >= 0.6 is 0 Å². The summed E-state index contributed by atoms with van der Waals surface area (Å²) in [6.07, 6.45) is 9.50. The predicted octanol–water partition coefficient (Wildman–Crippen LogP) is 5.04. The lowest BCUT2D eigenvalue weighted by Crippen LogP contribution is -1.96. The fourth-order valence-corrected chi connectivity index (χ4v) is 1.46. The number of allylic oxidation sites excluding steroid dienone is 5. The van der Waals surface area contributed by atoms with Gasteiger partial charge in [-0.3, -0.25) is 0 Å². The second-order valence-electron chi connectivity index (χ2n) is 3.75. The Hall–Kier alpha value is -0.780. The van der Waals surface area contributed by atoms with E-state index >= 15 is 0 Å². The van der Waals surface area contributed by atoms with Gasteiger partial charge in [0.05, 0.1) is 0 Å². The molecule has 1 rings (SSSR count). The van der Waals surface area contributed by atoms with Gasteiger partial charge < -0.3 is 0 Å². The quantitative estimate of drug-likeness (QED) is 0.546. The maximum absolute atomic E-state index is 4.08. The predicted molar refractivity (Wildman–Crippen MR) is 66.5 cm³/mol. The average molecular weight is 192 g/mol. The van der Waals surface area contributed by atoms with E-state index in [-0.39, 0.29) is 0 Å². The molecule has 0 unspecified atom stereocenters. The summed E-state index contributed by atoms with van der Waals surface area (Å²) in [4.78, 5) is 0. The van der Waals surface area contributed by atoms with Crippen LogP contribution in [0.1, 0.15) is 53.4 Å². The van der Waals surface area contributed by atoms with Crippen molar-refractivity contribution in [3.63, 3.8) is 0 Å². The minimum atomic E-state index is 1.20. The Kier molecular flexibility index (Phi) is 7.18. The SMILES string of the molecule is C=C1CCCC/C1=C/C=C(C)C.CC. The van der Waals surface area contributed by atoms with Gasteiger partial charge in [0.2, 0.25) is 0 Å². The van der Waals surface area contributed by atoms with E-state index in [0.29, 0.717) is 0 Å². The highest BCUT2D eigenvalue weighted by atomic mass is 14.1. The molecule has 0 aliphatic heterocycles. The van der Waals surface area contributed by atoms with Crippen LogP contribution in [0.5, 0.6) is 0 Å². The molecule has 0 bridgehead atoms. The van der Waals surface area contributed by atoms with Gasteiger partial charge in [-0.25, -0.2) is 0 Å². The molecule has 0 atom stereocenters. The average Bonchev–Trinajstić information content (AvgIpc) is 2.19. The van der Waals surface area contributed by atoms with Gasteiger partial charge in [0.1, 0.15) is 0 Å². The van der Waals surface area contributed by atoms with E-state index in [1.807, 2.05) is 13.8 Å². The highest BCUT2D eigenvalue weighted by Gasteiger charge is 2.07. The molecular formula is C14H24. The highest BCUT2D eigenvalue weighted by Crippen LogP contribution is 2.27. The van der Waals surface area contributed by atoms with Crippen LogP contribution < -0.4 is 0 Å². The van der Waals surface area contributed by atoms with Crippen molar-refractivity contribution >= 4 is 0 Å². The van der Waals surface area contributed by atoms with Gasteiger partial charge in [-0.05, 0) is 45.1 Å². The Morgan fingerprint density at radius 2 is 1.71 bits per heavy atom. The Bertz CT molecular complexity index is 224. The molecule has 1 aliphatic carbocycles. The van der Waals surface area contributed by atoms with E-state index in [2.05, 4.69) is 32.6 Å². The normalized spacial score (nSPS) is 18.6. The van der Waals surface area contributed by atoms with Gasteiger partial charge in [0.25, 0.3) is 0 Å². The van der Waals surface area contributed by atoms with E-state index in [1.165, 1.54) is 42.4 Å². The lowest BCUT2D eigenvalue weighted by molar-refractivity contribution is 0.681. The molecule has 1 fully saturated rings. The van der Waals surface area contributed by atoms with E-state index in [9.17, 15) is 0 Å². The molecule has 0 N–H and O–H groups in total. The van der Waals surface area contributed by atoms with Crippen LogP contribution in [0.15, 0.2) is 35.5 Å². The molecule has 0 radical (unpaired) electrons. The van der Waals surface area contributed by atoms with Crippen LogP contribution in [0.4, 0.5) is 0 Å². The lowest BCUT2D eigenvalue weighted by Gasteiger charge is -2.15. The minimum absolute atomic E-state index is 1.20. The van der Waals surface area contributed by atoms with Crippen molar-refractivity contribution in [3.8, 4) is 0 Å². The molecule has 1 aliphatic rings. The maximum Gasteiger partial charge on any atom is -0.0276 e. The smallest absolute Gasteiger partial charge is 0.0276 e. The Labute approximate surface area is 89.4 Å². The first-order chi connectivity index (χ1) is 6.70. The van der Waals surface area contributed by atoms with Crippen LogP contribution in [-0.4, -0.2) is 0 Å². The van der Waals surface area contributed by atoms with Crippen molar-refractivity contribution in [2.75, 3.05) is 0 Å². The summed E-state index contributed by atoms with van der Waals surface area (Å²) in [5.41, 5.74) is 4.17. The third-order valence-electron chi connectivity index (χ3n) is 2.25. The number of hydrogen-bond donors (Lipinski definition) is 0. The molecule has 0 aromatic carbocycles. The molecule has 0 heteroatoms. The zero-order valence-electron chi connectivity index (χ0n) is 10.2. The first kappa shape index (κ1) is 13.2. The first-order valence-corrected chi connectivity index (χ1v) is 5.72. The van der Waals surface area contributed by atoms with Gasteiger partial charge in [0.15, 0.2) is 0 Å². The van der Waals surface area contributed by atoms with Crippen molar-refractivity contribution in [3.05, 3.63) is 35.5 Å². The molecule has 0 nitrogen and oxygen atoms in total. The van der Waals surface area contributed by atoms with Gasteiger partial charge in [0, 0.05) is 0 Å². The molecule has 0 amide bonds. The fraction of sp³-hybridized carbons (Fsp3) is 0.571. The topological polar surface area (TPSA) is 0 Å². The molecule has 1 saturated carbocycles. The molecule has 14 heavy (non-hydrogen) atoms. The molecule has 0 aromatic rings. The summed E-state index contributed by atoms with van der Waals surface area (Å²) in [5, 5.41) is 0. The lowest BCUT2D eigenvalue weighted by atomic mass is 9.90. The van der Waals surface area contributed by atoms with Gasteiger partial charge in [-0.2, -0.15) is 0 Å². The monoisotopic (exact) mass is 192 g/mol. The summed E-state index contributed by atoms with van der Waals surface area (Å²) < 4.78 is 0. The second kappa shape index (κ2) is 7.61. The Morgan fingerprint density at radius 1 is 1.14 bits per heavy atom. The molecule has 0 heterocycles. The largest absolute Gasteiger partial charge is 0.0956 e. The third kappa shape index (κ3) is 5.06. The summed E-state index contributed by atoms with van der Waals surface area (Å²) in [7, 11) is 0. The molecule has 0 spiro atoms. The van der Waals surface area contributed by atoms with E-state index in [4.69, 9.17) is 0 Å². The summed E-state index contributed by atoms with van der Waals surface area (Å²) in [5.74, 6) is 0. The van der Waals surface area contributed by atoms with E-state index < -0.39 is 0 Å². The van der Waals surface area contributed by atoms with E-state index in [1.54, 1.807) is 0 Å². The fourth-order valence-electron chi connectivity index (χ4n) is 1.46. The van der Waals surface area contributed by atoms with Crippen molar-refractivity contribution in [2.24, 2.45) is 0 Å². The van der Waals surface area contributed by atoms with Crippen LogP contribution in [0.2, 0.25) is 0 Å². The van der Waals surface area contributed by atoms with Crippen LogP contribution in [0.25, 0.3) is 0 Å². The molecule has 0 saturated heterocycles. The Morgan fingerprint density at radius 3 is 2.21 bits per heavy atom. The molecular weight excluding hydrogens is 168 g/mol. The van der Waals surface area contributed by atoms with Crippen molar-refractivity contribution in [1.29, 1.82) is 0 Å². The van der Waals surface area contributed by atoms with Crippen LogP contribution in [0, 0.1) is 0 Å². The summed E-state index contributed by atoms with van der Waals surface area (Å²) >= 11 is 0. The van der Waals surface area contributed by atoms with E-state index in [0.717, 1.165) is 0 Å². The molecule has 80 valence electrons. The van der Waals surface area contributed by atoms with Gasteiger partial charge in [-0.15, -0.1) is 0 Å². The third-order valence-corrected chi connectivity index (χ3v) is 2.25. The number of rotatable bonds is 1. The van der Waals surface area contributed by atoms with Crippen molar-refractivity contribution in [2.45, 2.75) is 53.4 Å². The Balaban J connectivity index is 0.000000791. The molecule has 0 aromatic heterocycles. The number of hydrogen-bond acceptors (Lipinski definition) is 0. The standard InChI is InChI=1S/C12H18.C2H6/c1-10(2)8-9-12-7-5-4-6-11(12)3;1-2/h8-9H,3-7H2,1-2H3;1-2H3/b12-9-;. The van der Waals surface area contributed by atoms with Crippen molar-refractivity contribution in [1.82, 2.24) is 0 Å². The van der Waals surface area contributed by atoms with Crippen LogP contribution in [0.3, 0.4) is 0 Å². The zero-order valence-corrected chi connectivity index (χ0v) is 10.2. The van der Waals surface area contributed by atoms with Crippen molar-refractivity contribution < 1.29 is 0 Å². The van der Waals surface area contributed by atoms with Crippen LogP contribution in [-0.2, 0) is 0 Å². The highest BCUT2D eigenvalue weighted by molar-refractivity contribution is 5.33. The second-order valence-corrected chi connectivity index (χ2v) is 3.75. The van der Waals surface area contributed by atoms with Gasteiger partial charge >= 0.3 is 0 Å². The summed E-state index contributed by atoms with van der Waals surface area (Å²) in [6.45, 7) is 12.3. The zero-order chi connectivity index (χ0) is 11.0. The van der Waals surface area contributed by atoms with Gasteiger partial charge in [-0.1, -0.05) is 43.7 Å². The minimum Gasteiger partial charge on any atom is -0.0956 e. The summed E-state index contributed by atoms with van der Waals surface area (Å²) in [6, 6.07) is 0. The first-order valence-electron chi connectivity index (χ1n) is 5.72. The maximum atomic E-state index is 4.08.